The highest BCUT2D eigenvalue weighted by atomic mass is 16.2. The standard InChI is InChI=1S/C19H30N4O2/c1-4-8-20-18(24)14-21(3)19(25)15-22-9-11-23(12-10-22)17-7-5-6-16(2)13-17/h5-7,13H,4,8-12,14-15H2,1-3H3,(H,20,24). The van der Waals surface area contributed by atoms with E-state index in [-0.39, 0.29) is 18.4 Å². The number of nitrogens with one attached hydrogen (secondary N) is 1. The quantitative estimate of drug-likeness (QED) is 0.803. The summed E-state index contributed by atoms with van der Waals surface area (Å²) in [5.41, 5.74) is 2.51. The van der Waals surface area contributed by atoms with Gasteiger partial charge in [0.05, 0.1) is 13.1 Å². The number of hydrogen-bond acceptors (Lipinski definition) is 4. The van der Waals surface area contributed by atoms with Crippen molar-refractivity contribution in [3.8, 4) is 0 Å². The molecule has 0 radical (unpaired) electrons. The van der Waals surface area contributed by atoms with E-state index in [1.54, 1.807) is 7.05 Å². The van der Waals surface area contributed by atoms with E-state index in [0.29, 0.717) is 13.1 Å². The fourth-order valence-electron chi connectivity index (χ4n) is 2.92. The van der Waals surface area contributed by atoms with Gasteiger partial charge in [0.25, 0.3) is 0 Å². The van der Waals surface area contributed by atoms with Crippen LogP contribution in [0.25, 0.3) is 0 Å². The first-order chi connectivity index (χ1) is 12.0. The maximum absolute atomic E-state index is 12.3. The van der Waals surface area contributed by atoms with Crippen molar-refractivity contribution < 1.29 is 9.59 Å². The molecule has 6 heteroatoms. The summed E-state index contributed by atoms with van der Waals surface area (Å²) in [7, 11) is 1.69. The summed E-state index contributed by atoms with van der Waals surface area (Å²) in [6.07, 6.45) is 0.897. The second-order valence-electron chi connectivity index (χ2n) is 6.70. The number of aryl methyl sites for hydroxylation is 1. The molecule has 1 aliphatic rings. The predicted octanol–water partition coefficient (Wildman–Crippen LogP) is 1.10. The molecule has 1 aromatic rings. The van der Waals surface area contributed by atoms with Crippen molar-refractivity contribution in [2.45, 2.75) is 20.3 Å². The van der Waals surface area contributed by atoms with Crippen LogP contribution in [-0.2, 0) is 9.59 Å². The van der Waals surface area contributed by atoms with Gasteiger partial charge in [-0.05, 0) is 31.0 Å². The van der Waals surface area contributed by atoms with Gasteiger partial charge in [-0.1, -0.05) is 19.1 Å². The third kappa shape index (κ3) is 6.05. The zero-order valence-electron chi connectivity index (χ0n) is 15.6. The molecular weight excluding hydrogens is 316 g/mol. The zero-order chi connectivity index (χ0) is 18.2. The average Bonchev–Trinajstić information content (AvgIpc) is 2.60. The largest absolute Gasteiger partial charge is 0.369 e. The maximum atomic E-state index is 12.3. The molecule has 0 bridgehead atoms. The highest BCUT2D eigenvalue weighted by Gasteiger charge is 2.21. The lowest BCUT2D eigenvalue weighted by atomic mass is 10.2. The molecule has 1 N–H and O–H groups in total. The third-order valence-electron chi connectivity index (χ3n) is 4.48. The molecule has 2 rings (SSSR count). The Morgan fingerprint density at radius 2 is 1.92 bits per heavy atom. The van der Waals surface area contributed by atoms with Crippen LogP contribution in [0.2, 0.25) is 0 Å². The topological polar surface area (TPSA) is 55.9 Å². The van der Waals surface area contributed by atoms with E-state index in [0.717, 1.165) is 32.6 Å². The first-order valence-corrected chi connectivity index (χ1v) is 9.04. The molecule has 1 aliphatic heterocycles. The molecule has 2 amide bonds. The van der Waals surface area contributed by atoms with Gasteiger partial charge in [-0.25, -0.2) is 0 Å². The lowest BCUT2D eigenvalue weighted by molar-refractivity contribution is -0.135. The van der Waals surface area contributed by atoms with Crippen molar-refractivity contribution in [1.29, 1.82) is 0 Å². The Bertz CT molecular complexity index is 583. The van der Waals surface area contributed by atoms with Crippen LogP contribution >= 0.6 is 0 Å². The second-order valence-corrected chi connectivity index (χ2v) is 6.70. The minimum atomic E-state index is -0.0954. The van der Waals surface area contributed by atoms with Gasteiger partial charge in [-0.15, -0.1) is 0 Å². The van der Waals surface area contributed by atoms with Crippen LogP contribution in [0.15, 0.2) is 24.3 Å². The van der Waals surface area contributed by atoms with Crippen LogP contribution in [0, 0.1) is 6.92 Å². The van der Waals surface area contributed by atoms with Gasteiger partial charge >= 0.3 is 0 Å². The van der Waals surface area contributed by atoms with Crippen molar-refractivity contribution >= 4 is 17.5 Å². The molecular formula is C19H30N4O2. The number of anilines is 1. The van der Waals surface area contributed by atoms with Crippen LogP contribution in [-0.4, -0.2) is 74.5 Å². The zero-order valence-corrected chi connectivity index (χ0v) is 15.6. The molecule has 1 fully saturated rings. The summed E-state index contributed by atoms with van der Waals surface area (Å²) in [4.78, 5) is 30.0. The Hall–Kier alpha value is -2.08. The van der Waals surface area contributed by atoms with E-state index in [9.17, 15) is 9.59 Å². The fraction of sp³-hybridized carbons (Fsp3) is 0.579. The third-order valence-corrected chi connectivity index (χ3v) is 4.48. The van der Waals surface area contributed by atoms with Crippen LogP contribution < -0.4 is 10.2 Å². The molecule has 138 valence electrons. The lowest BCUT2D eigenvalue weighted by Crippen LogP contribution is -2.50. The van der Waals surface area contributed by atoms with Crippen LogP contribution in [0.3, 0.4) is 0 Å². The van der Waals surface area contributed by atoms with E-state index >= 15 is 0 Å². The van der Waals surface area contributed by atoms with E-state index in [1.807, 2.05) is 6.92 Å². The van der Waals surface area contributed by atoms with Gasteiger partial charge in [0.15, 0.2) is 0 Å². The Kier molecular flexibility index (Phi) is 7.25. The molecule has 0 saturated carbocycles. The number of benzene rings is 1. The first kappa shape index (κ1) is 19.2. The van der Waals surface area contributed by atoms with E-state index in [4.69, 9.17) is 0 Å². The van der Waals surface area contributed by atoms with Gasteiger partial charge in [0.1, 0.15) is 0 Å². The monoisotopic (exact) mass is 346 g/mol. The molecule has 1 saturated heterocycles. The number of piperazine rings is 1. The molecule has 0 aliphatic carbocycles. The molecule has 0 aromatic heterocycles. The van der Waals surface area contributed by atoms with Gasteiger partial charge in [-0.2, -0.15) is 0 Å². The Morgan fingerprint density at radius 3 is 2.56 bits per heavy atom. The summed E-state index contributed by atoms with van der Waals surface area (Å²) < 4.78 is 0. The first-order valence-electron chi connectivity index (χ1n) is 9.04. The summed E-state index contributed by atoms with van der Waals surface area (Å²) in [5.74, 6) is -0.0994. The van der Waals surface area contributed by atoms with Crippen molar-refractivity contribution in [3.63, 3.8) is 0 Å². The number of amides is 2. The van der Waals surface area contributed by atoms with Crippen molar-refractivity contribution in [2.75, 3.05) is 57.8 Å². The number of hydrogen-bond donors (Lipinski definition) is 1. The summed E-state index contributed by atoms with van der Waals surface area (Å²) in [6.45, 7) is 8.81. The Balaban J connectivity index is 1.75. The number of nitrogens with zero attached hydrogens (tertiary/aromatic N) is 3. The number of rotatable bonds is 7. The Morgan fingerprint density at radius 1 is 1.20 bits per heavy atom. The summed E-state index contributed by atoms with van der Waals surface area (Å²) in [6, 6.07) is 8.52. The predicted molar refractivity (Wildman–Crippen MR) is 101 cm³/mol. The lowest BCUT2D eigenvalue weighted by Gasteiger charge is -2.36. The SMILES string of the molecule is CCCNC(=O)CN(C)C(=O)CN1CCN(c2cccc(C)c2)CC1. The van der Waals surface area contributed by atoms with Crippen LogP contribution in [0.4, 0.5) is 5.69 Å². The smallest absolute Gasteiger partial charge is 0.239 e. The highest BCUT2D eigenvalue weighted by molar-refractivity contribution is 5.85. The van der Waals surface area contributed by atoms with Crippen LogP contribution in [0.1, 0.15) is 18.9 Å². The molecule has 0 unspecified atom stereocenters. The Labute approximate surface area is 150 Å². The molecule has 6 nitrogen and oxygen atoms in total. The van der Waals surface area contributed by atoms with E-state index in [2.05, 4.69) is 46.3 Å². The highest BCUT2D eigenvalue weighted by Crippen LogP contribution is 2.17. The molecule has 1 heterocycles. The molecule has 25 heavy (non-hydrogen) atoms. The van der Waals surface area contributed by atoms with Gasteiger partial charge in [-0.3, -0.25) is 14.5 Å². The average molecular weight is 346 g/mol. The summed E-state index contributed by atoms with van der Waals surface area (Å²) >= 11 is 0. The summed E-state index contributed by atoms with van der Waals surface area (Å²) in [5, 5.41) is 2.80. The van der Waals surface area contributed by atoms with Gasteiger partial charge in [0.2, 0.25) is 11.8 Å². The van der Waals surface area contributed by atoms with Crippen LogP contribution in [0.5, 0.6) is 0 Å². The van der Waals surface area contributed by atoms with Crippen molar-refractivity contribution in [1.82, 2.24) is 15.1 Å². The normalized spacial score (nSPS) is 15.1. The number of carbonyl (C=O) groups excluding carboxylic acids is 2. The maximum Gasteiger partial charge on any atom is 0.239 e. The number of carbonyl (C=O) groups is 2. The van der Waals surface area contributed by atoms with Gasteiger partial charge in [0, 0.05) is 45.5 Å². The van der Waals surface area contributed by atoms with E-state index in [1.165, 1.54) is 16.2 Å². The van der Waals surface area contributed by atoms with E-state index < -0.39 is 0 Å². The fourth-order valence-corrected chi connectivity index (χ4v) is 2.92. The van der Waals surface area contributed by atoms with Crippen molar-refractivity contribution in [3.05, 3.63) is 29.8 Å². The molecule has 1 aromatic carbocycles. The minimum absolute atomic E-state index is 0.00402. The number of likely N-dealkylation sites (N-methyl/N-ethyl adjacent to an activating group) is 1. The van der Waals surface area contributed by atoms with Crippen molar-refractivity contribution in [2.24, 2.45) is 0 Å². The molecule has 0 spiro atoms. The minimum Gasteiger partial charge on any atom is -0.369 e. The molecule has 0 atom stereocenters. The van der Waals surface area contributed by atoms with Gasteiger partial charge < -0.3 is 15.1 Å². The second kappa shape index (κ2) is 9.42.